The van der Waals surface area contributed by atoms with E-state index in [2.05, 4.69) is 10.6 Å². The molecule has 11 heteroatoms. The van der Waals surface area contributed by atoms with Gasteiger partial charge in [-0.05, 0) is 38.1 Å². The molecule has 0 aromatic heterocycles. The van der Waals surface area contributed by atoms with Gasteiger partial charge < -0.3 is 19.0 Å². The summed E-state index contributed by atoms with van der Waals surface area (Å²) >= 11 is 0. The van der Waals surface area contributed by atoms with E-state index in [4.69, 9.17) is 8.37 Å². The summed E-state index contributed by atoms with van der Waals surface area (Å²) in [5.41, 5.74) is 0.430. The minimum absolute atomic E-state index is 0.0226. The number of carbonyl (C=O) groups excluding carboxylic acids is 1. The molecule has 0 unspecified atom stereocenters. The molecular formula is C17H20N2O7S2. The Morgan fingerprint density at radius 1 is 0.857 bits per heavy atom. The Bertz CT molecular complexity index is 1050. The summed E-state index contributed by atoms with van der Waals surface area (Å²) in [6.07, 6.45) is 0. The van der Waals surface area contributed by atoms with Gasteiger partial charge in [0.1, 0.15) is 5.75 Å². The molecule has 2 amide bonds. The predicted molar refractivity (Wildman–Crippen MR) is 106 cm³/mol. The van der Waals surface area contributed by atoms with Crippen molar-refractivity contribution in [3.05, 3.63) is 48.5 Å². The van der Waals surface area contributed by atoms with Crippen LogP contribution in [0.2, 0.25) is 0 Å². The summed E-state index contributed by atoms with van der Waals surface area (Å²) < 4.78 is 56.2. The van der Waals surface area contributed by atoms with Gasteiger partial charge in [0.15, 0.2) is 5.75 Å². The van der Waals surface area contributed by atoms with Gasteiger partial charge in [-0.3, -0.25) is 0 Å². The van der Waals surface area contributed by atoms with Gasteiger partial charge in [-0.15, -0.1) is 0 Å². The molecule has 28 heavy (non-hydrogen) atoms. The smallest absolute Gasteiger partial charge is 0.323 e. The van der Waals surface area contributed by atoms with Crippen LogP contribution in [0.1, 0.15) is 13.8 Å². The van der Waals surface area contributed by atoms with Crippen LogP contribution in [-0.2, 0) is 20.2 Å². The molecule has 0 saturated heterocycles. The first kappa shape index (κ1) is 21.5. The monoisotopic (exact) mass is 428 g/mol. The highest BCUT2D eigenvalue weighted by Crippen LogP contribution is 2.26. The van der Waals surface area contributed by atoms with Crippen molar-refractivity contribution >= 4 is 37.6 Å². The van der Waals surface area contributed by atoms with Gasteiger partial charge in [-0.1, -0.05) is 18.2 Å². The lowest BCUT2D eigenvalue weighted by molar-refractivity contribution is 0.262. The first-order valence-electron chi connectivity index (χ1n) is 8.25. The molecule has 0 bridgehead atoms. The molecule has 9 nitrogen and oxygen atoms in total. The van der Waals surface area contributed by atoms with Crippen LogP contribution in [0.25, 0.3) is 0 Å². The third kappa shape index (κ3) is 6.43. The Morgan fingerprint density at radius 3 is 2.18 bits per heavy atom. The molecule has 0 saturated carbocycles. The number of nitrogens with one attached hydrogen (secondary N) is 2. The van der Waals surface area contributed by atoms with Crippen LogP contribution in [0.15, 0.2) is 48.5 Å². The predicted octanol–water partition coefficient (Wildman–Crippen LogP) is 2.79. The maximum Gasteiger partial charge on any atom is 0.323 e. The van der Waals surface area contributed by atoms with Crippen LogP contribution in [0.4, 0.5) is 16.2 Å². The van der Waals surface area contributed by atoms with Gasteiger partial charge in [-0.25, -0.2) is 4.79 Å². The quantitative estimate of drug-likeness (QED) is 0.619. The van der Waals surface area contributed by atoms with Crippen molar-refractivity contribution in [2.24, 2.45) is 0 Å². The number of rotatable bonds is 8. The van der Waals surface area contributed by atoms with Crippen molar-refractivity contribution in [1.82, 2.24) is 0 Å². The lowest BCUT2D eigenvalue weighted by Crippen LogP contribution is -2.21. The van der Waals surface area contributed by atoms with E-state index in [1.54, 1.807) is 12.1 Å². The van der Waals surface area contributed by atoms with Gasteiger partial charge in [-0.2, -0.15) is 16.8 Å². The topological polar surface area (TPSA) is 128 Å². The standard InChI is InChI=1S/C17H20N2O7S2/c1-3-27(21,22)25-14-9-7-8-13(12-14)18-17(20)19-15-10-5-6-11-16(15)26-28(23,24)4-2/h5-12H,3-4H2,1-2H3,(H2,18,19,20). The lowest BCUT2D eigenvalue weighted by Gasteiger charge is -2.13. The zero-order valence-electron chi connectivity index (χ0n) is 15.2. The van der Waals surface area contributed by atoms with Crippen molar-refractivity contribution < 1.29 is 30.0 Å². The fraction of sp³-hybridized carbons (Fsp3) is 0.235. The molecule has 0 aliphatic carbocycles. The first-order valence-corrected chi connectivity index (χ1v) is 11.4. The number of urea groups is 1. The van der Waals surface area contributed by atoms with Crippen molar-refractivity contribution in [2.45, 2.75) is 13.8 Å². The Balaban J connectivity index is 2.11. The van der Waals surface area contributed by atoms with Gasteiger partial charge in [0.05, 0.1) is 17.2 Å². The highest BCUT2D eigenvalue weighted by atomic mass is 32.2. The maximum atomic E-state index is 12.2. The summed E-state index contributed by atoms with van der Waals surface area (Å²) in [6, 6.07) is 11.2. The van der Waals surface area contributed by atoms with E-state index < -0.39 is 26.3 Å². The summed E-state index contributed by atoms with van der Waals surface area (Å²) in [7, 11) is -7.45. The van der Waals surface area contributed by atoms with Crippen LogP contribution < -0.4 is 19.0 Å². The molecule has 2 aromatic rings. The normalized spacial score (nSPS) is 11.5. The van der Waals surface area contributed by atoms with E-state index in [-0.39, 0.29) is 34.4 Å². The Labute approximate surface area is 163 Å². The summed E-state index contributed by atoms with van der Waals surface area (Å²) in [5, 5.41) is 4.99. The highest BCUT2D eigenvalue weighted by molar-refractivity contribution is 7.87. The Hall–Kier alpha value is -2.79. The van der Waals surface area contributed by atoms with Crippen LogP contribution in [0.5, 0.6) is 11.5 Å². The van der Waals surface area contributed by atoms with Crippen LogP contribution >= 0.6 is 0 Å². The number of hydrogen-bond donors (Lipinski definition) is 2. The van der Waals surface area contributed by atoms with Crippen LogP contribution in [0.3, 0.4) is 0 Å². The molecule has 0 atom stereocenters. The van der Waals surface area contributed by atoms with Gasteiger partial charge in [0.25, 0.3) is 0 Å². The minimum atomic E-state index is -3.76. The lowest BCUT2D eigenvalue weighted by atomic mass is 10.3. The van der Waals surface area contributed by atoms with Crippen LogP contribution in [-0.4, -0.2) is 34.4 Å². The molecule has 152 valence electrons. The molecule has 2 N–H and O–H groups in total. The van der Waals surface area contributed by atoms with Crippen molar-refractivity contribution in [1.29, 1.82) is 0 Å². The summed E-state index contributed by atoms with van der Waals surface area (Å²) in [5.74, 6) is -0.383. The minimum Gasteiger partial charge on any atom is -0.382 e. The van der Waals surface area contributed by atoms with Gasteiger partial charge in [0, 0.05) is 11.8 Å². The van der Waals surface area contributed by atoms with E-state index >= 15 is 0 Å². The molecule has 2 aromatic carbocycles. The van der Waals surface area contributed by atoms with E-state index in [0.717, 1.165) is 0 Å². The maximum absolute atomic E-state index is 12.2. The number of anilines is 2. The zero-order valence-corrected chi connectivity index (χ0v) is 16.8. The first-order chi connectivity index (χ1) is 13.1. The van der Waals surface area contributed by atoms with Crippen molar-refractivity contribution in [3.8, 4) is 11.5 Å². The van der Waals surface area contributed by atoms with Gasteiger partial charge >= 0.3 is 26.3 Å². The number of benzene rings is 2. The van der Waals surface area contributed by atoms with Crippen molar-refractivity contribution in [2.75, 3.05) is 22.1 Å². The van der Waals surface area contributed by atoms with E-state index in [0.29, 0.717) is 0 Å². The molecule has 0 radical (unpaired) electrons. The van der Waals surface area contributed by atoms with E-state index in [1.165, 1.54) is 50.2 Å². The Kier molecular flexibility index (Phi) is 6.86. The number of carbonyl (C=O) groups is 1. The van der Waals surface area contributed by atoms with Crippen molar-refractivity contribution in [3.63, 3.8) is 0 Å². The number of amides is 2. The molecular weight excluding hydrogens is 408 g/mol. The van der Waals surface area contributed by atoms with Gasteiger partial charge in [0.2, 0.25) is 0 Å². The Morgan fingerprint density at radius 2 is 1.50 bits per heavy atom. The van der Waals surface area contributed by atoms with E-state index in [9.17, 15) is 21.6 Å². The van der Waals surface area contributed by atoms with E-state index in [1.807, 2.05) is 0 Å². The second-order valence-electron chi connectivity index (χ2n) is 5.46. The zero-order chi connectivity index (χ0) is 20.8. The molecule has 0 spiro atoms. The molecule has 0 fully saturated rings. The third-order valence-corrected chi connectivity index (χ3v) is 5.67. The molecule has 0 heterocycles. The highest BCUT2D eigenvalue weighted by Gasteiger charge is 2.15. The largest absolute Gasteiger partial charge is 0.382 e. The third-order valence-electron chi connectivity index (χ3n) is 3.37. The average Bonchev–Trinajstić information content (AvgIpc) is 2.63. The fourth-order valence-electron chi connectivity index (χ4n) is 1.95. The second-order valence-corrected chi connectivity index (χ2v) is 9.18. The molecule has 0 aliphatic rings. The summed E-state index contributed by atoms with van der Waals surface area (Å²) in [4.78, 5) is 12.2. The fourth-order valence-corrected chi connectivity index (χ4v) is 3.01. The second kappa shape index (κ2) is 8.93. The number of hydrogen-bond acceptors (Lipinski definition) is 7. The SMILES string of the molecule is CCS(=O)(=O)Oc1cccc(NC(=O)Nc2ccccc2OS(=O)(=O)CC)c1. The number of para-hydroxylation sites is 2. The average molecular weight is 428 g/mol. The van der Waals surface area contributed by atoms with Crippen LogP contribution in [0, 0.1) is 0 Å². The molecule has 0 aliphatic heterocycles. The summed E-state index contributed by atoms with van der Waals surface area (Å²) in [6.45, 7) is 2.88. The molecule has 2 rings (SSSR count).